The minimum absolute atomic E-state index is 0.377. The van der Waals surface area contributed by atoms with E-state index in [0.717, 1.165) is 5.76 Å². The third-order valence-corrected chi connectivity index (χ3v) is 3.91. The first-order valence-electron chi connectivity index (χ1n) is 4.95. The van der Waals surface area contributed by atoms with E-state index in [-0.39, 0.29) is 0 Å². The Hall–Kier alpha value is -0.570. The fourth-order valence-electron chi connectivity index (χ4n) is 1.74. The quantitative estimate of drug-likeness (QED) is 0.712. The monoisotopic (exact) mass is 211 g/mol. The molecule has 3 heteroatoms. The molecule has 0 aromatic carbocycles. The van der Waals surface area contributed by atoms with Gasteiger partial charge in [0.25, 0.3) is 0 Å². The van der Waals surface area contributed by atoms with Crippen molar-refractivity contribution in [3.05, 3.63) is 24.1 Å². The zero-order valence-electron chi connectivity index (χ0n) is 8.99. The van der Waals surface area contributed by atoms with Gasteiger partial charge in [-0.3, -0.25) is 0 Å². The number of hydrogen-bond donors (Lipinski definition) is 0. The van der Waals surface area contributed by atoms with Gasteiger partial charge in [0.2, 0.25) is 0 Å². The van der Waals surface area contributed by atoms with Crippen LogP contribution in [0, 0.1) is 0 Å². The summed E-state index contributed by atoms with van der Waals surface area (Å²) >= 11 is 1.87. The van der Waals surface area contributed by atoms with Crippen LogP contribution in [0.1, 0.15) is 19.8 Å². The predicted octanol–water partition coefficient (Wildman–Crippen LogP) is 2.59. The lowest BCUT2D eigenvalue weighted by atomic mass is 10.2. The van der Waals surface area contributed by atoms with Crippen LogP contribution in [0.25, 0.3) is 0 Å². The highest BCUT2D eigenvalue weighted by Gasteiger charge is 2.45. The zero-order chi connectivity index (χ0) is 10.2. The Kier molecular flexibility index (Phi) is 2.52. The van der Waals surface area contributed by atoms with Crippen molar-refractivity contribution in [1.82, 2.24) is 4.90 Å². The molecular weight excluding hydrogens is 194 g/mol. The standard InChI is InChI=1S/C11H17NOS/c1-11(6-7-11)12-8-9(13-2)4-5-10(12)14-3/h4-5,8,10H,6-7H2,1-3H3. The van der Waals surface area contributed by atoms with Gasteiger partial charge in [0.1, 0.15) is 5.76 Å². The normalized spacial score (nSPS) is 28.6. The van der Waals surface area contributed by atoms with Crippen LogP contribution in [0.2, 0.25) is 0 Å². The molecule has 0 spiro atoms. The highest BCUT2D eigenvalue weighted by atomic mass is 32.2. The van der Waals surface area contributed by atoms with Gasteiger partial charge in [0.05, 0.1) is 12.5 Å². The summed E-state index contributed by atoms with van der Waals surface area (Å²) in [7, 11) is 1.73. The van der Waals surface area contributed by atoms with Crippen LogP contribution in [0.15, 0.2) is 24.1 Å². The van der Waals surface area contributed by atoms with Crippen LogP contribution in [-0.4, -0.2) is 29.2 Å². The second-order valence-corrected chi connectivity index (χ2v) is 5.08. The van der Waals surface area contributed by atoms with E-state index in [1.54, 1.807) is 7.11 Å². The van der Waals surface area contributed by atoms with E-state index in [9.17, 15) is 0 Å². The van der Waals surface area contributed by atoms with E-state index < -0.39 is 0 Å². The molecule has 78 valence electrons. The lowest BCUT2D eigenvalue weighted by Gasteiger charge is -2.35. The van der Waals surface area contributed by atoms with Crippen molar-refractivity contribution in [1.29, 1.82) is 0 Å². The first-order chi connectivity index (χ1) is 6.69. The SMILES string of the molecule is COC1=CN(C2(C)CC2)C(SC)C=C1. The first-order valence-corrected chi connectivity index (χ1v) is 6.24. The third kappa shape index (κ3) is 1.65. The van der Waals surface area contributed by atoms with Crippen molar-refractivity contribution in [3.63, 3.8) is 0 Å². The van der Waals surface area contributed by atoms with Crippen LogP contribution >= 0.6 is 11.8 Å². The second-order valence-electron chi connectivity index (χ2n) is 4.13. The molecule has 1 aliphatic heterocycles. The Morgan fingerprint density at radius 1 is 1.57 bits per heavy atom. The summed E-state index contributed by atoms with van der Waals surface area (Å²) in [5, 5.41) is 0.474. The highest BCUT2D eigenvalue weighted by molar-refractivity contribution is 7.99. The predicted molar refractivity (Wildman–Crippen MR) is 61.0 cm³/mol. The molecule has 0 bridgehead atoms. The molecule has 2 nitrogen and oxygen atoms in total. The molecule has 2 rings (SSSR count). The van der Waals surface area contributed by atoms with Crippen LogP contribution in [0.5, 0.6) is 0 Å². The maximum Gasteiger partial charge on any atom is 0.134 e. The molecule has 0 saturated heterocycles. The molecule has 0 aromatic rings. The fourth-order valence-corrected chi connectivity index (χ4v) is 2.52. The Labute approximate surface area is 90.0 Å². The van der Waals surface area contributed by atoms with Crippen molar-refractivity contribution in [2.45, 2.75) is 30.7 Å². The lowest BCUT2D eigenvalue weighted by Crippen LogP contribution is -2.38. The molecule has 0 radical (unpaired) electrons. The average Bonchev–Trinajstić information content (AvgIpc) is 2.97. The van der Waals surface area contributed by atoms with Gasteiger partial charge in [-0.25, -0.2) is 0 Å². The topological polar surface area (TPSA) is 12.5 Å². The minimum atomic E-state index is 0.377. The Morgan fingerprint density at radius 2 is 2.29 bits per heavy atom. The number of ether oxygens (including phenoxy) is 1. The number of hydrogen-bond acceptors (Lipinski definition) is 3. The number of nitrogens with zero attached hydrogens (tertiary/aromatic N) is 1. The van der Waals surface area contributed by atoms with Gasteiger partial charge in [-0.05, 0) is 38.2 Å². The molecule has 1 aliphatic carbocycles. The lowest BCUT2D eigenvalue weighted by molar-refractivity contribution is 0.239. The molecule has 1 heterocycles. The summed E-state index contributed by atoms with van der Waals surface area (Å²) in [5.41, 5.74) is 0.377. The summed E-state index contributed by atoms with van der Waals surface area (Å²) in [4.78, 5) is 2.43. The van der Waals surface area contributed by atoms with Gasteiger partial charge < -0.3 is 9.64 Å². The average molecular weight is 211 g/mol. The summed E-state index contributed by atoms with van der Waals surface area (Å²) in [5.74, 6) is 0.962. The molecular formula is C11H17NOS. The fraction of sp³-hybridized carbons (Fsp3) is 0.636. The van der Waals surface area contributed by atoms with Crippen molar-refractivity contribution in [2.75, 3.05) is 13.4 Å². The molecule has 1 atom stereocenters. The minimum Gasteiger partial charge on any atom is -0.495 e. The van der Waals surface area contributed by atoms with Gasteiger partial charge in [-0.1, -0.05) is 0 Å². The van der Waals surface area contributed by atoms with Crippen LogP contribution in [0.3, 0.4) is 0 Å². The van der Waals surface area contributed by atoms with Crippen LogP contribution < -0.4 is 0 Å². The molecule has 0 N–H and O–H groups in total. The molecule has 2 aliphatic rings. The number of rotatable bonds is 3. The highest BCUT2D eigenvalue weighted by Crippen LogP contribution is 2.45. The molecule has 0 aromatic heterocycles. The van der Waals surface area contributed by atoms with Crippen molar-refractivity contribution in [2.24, 2.45) is 0 Å². The zero-order valence-corrected chi connectivity index (χ0v) is 9.80. The summed E-state index contributed by atoms with van der Waals surface area (Å²) in [6.45, 7) is 2.32. The van der Waals surface area contributed by atoms with E-state index in [4.69, 9.17) is 4.74 Å². The Morgan fingerprint density at radius 3 is 2.79 bits per heavy atom. The van der Waals surface area contributed by atoms with Crippen LogP contribution in [0.4, 0.5) is 0 Å². The smallest absolute Gasteiger partial charge is 0.134 e. The van der Waals surface area contributed by atoms with E-state index in [0.29, 0.717) is 10.9 Å². The maximum absolute atomic E-state index is 5.26. The Bertz CT molecular complexity index is 281. The largest absolute Gasteiger partial charge is 0.495 e. The molecule has 0 amide bonds. The van der Waals surface area contributed by atoms with Crippen molar-refractivity contribution >= 4 is 11.8 Å². The number of methoxy groups -OCH3 is 1. The van der Waals surface area contributed by atoms with E-state index in [1.807, 2.05) is 11.8 Å². The van der Waals surface area contributed by atoms with Gasteiger partial charge >= 0.3 is 0 Å². The number of allylic oxidation sites excluding steroid dienone is 1. The summed E-state index contributed by atoms with van der Waals surface area (Å²) in [6, 6.07) is 0. The molecule has 1 fully saturated rings. The third-order valence-electron chi connectivity index (χ3n) is 3.04. The Balaban J connectivity index is 2.18. The van der Waals surface area contributed by atoms with Gasteiger partial charge in [-0.15, -0.1) is 11.8 Å². The molecule has 1 unspecified atom stereocenters. The number of thioether (sulfide) groups is 1. The summed E-state index contributed by atoms with van der Waals surface area (Å²) in [6.07, 6.45) is 11.2. The van der Waals surface area contributed by atoms with E-state index >= 15 is 0 Å². The van der Waals surface area contributed by atoms with Gasteiger partial charge in [-0.2, -0.15) is 0 Å². The van der Waals surface area contributed by atoms with Crippen molar-refractivity contribution < 1.29 is 4.74 Å². The molecule has 14 heavy (non-hydrogen) atoms. The summed E-state index contributed by atoms with van der Waals surface area (Å²) < 4.78 is 5.26. The van der Waals surface area contributed by atoms with Crippen molar-refractivity contribution in [3.8, 4) is 0 Å². The van der Waals surface area contributed by atoms with E-state index in [1.165, 1.54) is 12.8 Å². The van der Waals surface area contributed by atoms with Gasteiger partial charge in [0, 0.05) is 11.7 Å². The first kappa shape index (κ1) is 9.97. The molecule has 1 saturated carbocycles. The van der Waals surface area contributed by atoms with Gasteiger partial charge in [0.15, 0.2) is 0 Å². The maximum atomic E-state index is 5.26. The van der Waals surface area contributed by atoms with Crippen LogP contribution in [-0.2, 0) is 4.74 Å². The second kappa shape index (κ2) is 3.54. The van der Waals surface area contributed by atoms with E-state index in [2.05, 4.69) is 36.4 Å².